The Morgan fingerprint density at radius 3 is 2.61 bits per heavy atom. The second kappa shape index (κ2) is 12.2. The Morgan fingerprint density at radius 1 is 1.16 bits per heavy atom. The van der Waals surface area contributed by atoms with E-state index in [9.17, 15) is 5.26 Å². The highest BCUT2D eigenvalue weighted by atomic mass is 79.9. The average molecular weight is 484 g/mol. The number of nitrogens with one attached hydrogen (secondary N) is 1. The summed E-state index contributed by atoms with van der Waals surface area (Å²) in [5.41, 5.74) is 3.22. The normalized spacial score (nSPS) is 16.5. The van der Waals surface area contributed by atoms with Gasteiger partial charge in [0.2, 0.25) is 0 Å². The topological polar surface area (TPSA) is 48.3 Å². The number of rotatable bonds is 10. The van der Waals surface area contributed by atoms with Gasteiger partial charge < -0.3 is 10.1 Å². The third-order valence-electron chi connectivity index (χ3n) is 6.36. The van der Waals surface area contributed by atoms with Gasteiger partial charge in [-0.25, -0.2) is 0 Å². The number of nitrogens with zero attached hydrogens (tertiary/aromatic N) is 2. The number of ether oxygens (including phenoxy) is 1. The van der Waals surface area contributed by atoms with Crippen molar-refractivity contribution in [3.8, 4) is 11.8 Å². The number of nitriles is 1. The zero-order chi connectivity index (χ0) is 22.1. The fourth-order valence-corrected chi connectivity index (χ4v) is 4.84. The maximum Gasteiger partial charge on any atom is 0.133 e. The van der Waals surface area contributed by atoms with Crippen LogP contribution >= 0.6 is 15.9 Å². The molecular weight excluding hydrogens is 450 g/mol. The molecule has 1 fully saturated rings. The summed E-state index contributed by atoms with van der Waals surface area (Å²) in [4.78, 5) is 2.58. The van der Waals surface area contributed by atoms with Crippen molar-refractivity contribution in [3.63, 3.8) is 0 Å². The van der Waals surface area contributed by atoms with E-state index in [0.717, 1.165) is 67.0 Å². The highest BCUT2D eigenvalue weighted by molar-refractivity contribution is 9.10. The summed E-state index contributed by atoms with van der Waals surface area (Å²) in [6.45, 7) is 9.28. The third-order valence-corrected chi connectivity index (χ3v) is 7.02. The number of halogens is 1. The highest BCUT2D eigenvalue weighted by Gasteiger charge is 2.22. The molecule has 0 saturated carbocycles. The van der Waals surface area contributed by atoms with Crippen LogP contribution in [0.1, 0.15) is 55.2 Å². The molecule has 166 valence electrons. The summed E-state index contributed by atoms with van der Waals surface area (Å²) in [5.74, 6) is 1.46. The first-order chi connectivity index (χ1) is 15.1. The smallest absolute Gasteiger partial charge is 0.133 e. The molecule has 3 rings (SSSR count). The molecule has 2 unspecified atom stereocenters. The molecule has 0 aliphatic carbocycles. The standard InChI is InChI=1S/C26H34BrN3O/c1-3-21(22-11-12-23(18-28)20(2)17-22)7-6-8-24(30-15-13-29-14-16-30)19-31-26-10-5-4-9-25(26)27/h4-5,9-12,17,21,24,29H,3,6-8,13-16,19H2,1-2H3. The summed E-state index contributed by atoms with van der Waals surface area (Å²) >= 11 is 3.60. The Balaban J connectivity index is 1.60. The van der Waals surface area contributed by atoms with Crippen molar-refractivity contribution < 1.29 is 4.74 Å². The lowest BCUT2D eigenvalue weighted by Gasteiger charge is -2.35. The van der Waals surface area contributed by atoms with Crippen LogP contribution in [-0.4, -0.2) is 43.7 Å². The minimum absolute atomic E-state index is 0.425. The van der Waals surface area contributed by atoms with Crippen LogP contribution in [0, 0.1) is 18.3 Å². The monoisotopic (exact) mass is 483 g/mol. The van der Waals surface area contributed by atoms with E-state index in [1.807, 2.05) is 37.3 Å². The highest BCUT2D eigenvalue weighted by Crippen LogP contribution is 2.29. The Morgan fingerprint density at radius 2 is 1.94 bits per heavy atom. The van der Waals surface area contributed by atoms with Gasteiger partial charge in [0.15, 0.2) is 0 Å². The molecule has 1 aliphatic rings. The van der Waals surface area contributed by atoms with Gasteiger partial charge in [-0.3, -0.25) is 4.90 Å². The van der Waals surface area contributed by atoms with E-state index in [0.29, 0.717) is 12.0 Å². The number of aryl methyl sites for hydroxylation is 1. The van der Waals surface area contributed by atoms with Crippen molar-refractivity contribution in [1.82, 2.24) is 10.2 Å². The second-order valence-electron chi connectivity index (χ2n) is 8.40. The van der Waals surface area contributed by atoms with E-state index in [-0.39, 0.29) is 0 Å². The van der Waals surface area contributed by atoms with Gasteiger partial charge in [-0.05, 0) is 77.4 Å². The van der Waals surface area contributed by atoms with Gasteiger partial charge in [0.1, 0.15) is 12.4 Å². The maximum atomic E-state index is 9.21. The second-order valence-corrected chi connectivity index (χ2v) is 9.26. The molecule has 31 heavy (non-hydrogen) atoms. The van der Waals surface area contributed by atoms with Gasteiger partial charge >= 0.3 is 0 Å². The van der Waals surface area contributed by atoms with E-state index < -0.39 is 0 Å². The van der Waals surface area contributed by atoms with Crippen LogP contribution < -0.4 is 10.1 Å². The number of para-hydroxylation sites is 1. The number of piperazine rings is 1. The van der Waals surface area contributed by atoms with Crippen LogP contribution in [0.4, 0.5) is 0 Å². The Hall–Kier alpha value is -1.87. The zero-order valence-electron chi connectivity index (χ0n) is 18.7. The van der Waals surface area contributed by atoms with Gasteiger partial charge in [0, 0.05) is 32.2 Å². The van der Waals surface area contributed by atoms with E-state index >= 15 is 0 Å². The summed E-state index contributed by atoms with van der Waals surface area (Å²) in [5, 5.41) is 12.7. The van der Waals surface area contributed by atoms with Crippen molar-refractivity contribution in [3.05, 3.63) is 63.6 Å². The summed E-state index contributed by atoms with van der Waals surface area (Å²) in [7, 11) is 0. The minimum atomic E-state index is 0.425. The zero-order valence-corrected chi connectivity index (χ0v) is 20.3. The van der Waals surface area contributed by atoms with Crippen molar-refractivity contribution in [2.75, 3.05) is 32.8 Å². The third kappa shape index (κ3) is 6.80. The van der Waals surface area contributed by atoms with Crippen molar-refractivity contribution >= 4 is 15.9 Å². The van der Waals surface area contributed by atoms with Crippen molar-refractivity contribution in [2.45, 2.75) is 51.5 Å². The number of benzene rings is 2. The molecule has 0 radical (unpaired) electrons. The Labute approximate surface area is 195 Å². The number of hydrogen-bond acceptors (Lipinski definition) is 4. The average Bonchev–Trinajstić information content (AvgIpc) is 2.80. The lowest BCUT2D eigenvalue weighted by molar-refractivity contribution is 0.111. The summed E-state index contributed by atoms with van der Waals surface area (Å²) in [6.07, 6.45) is 4.60. The van der Waals surface area contributed by atoms with E-state index in [1.54, 1.807) is 0 Å². The van der Waals surface area contributed by atoms with Gasteiger partial charge in [-0.15, -0.1) is 0 Å². The maximum absolute atomic E-state index is 9.21. The first-order valence-corrected chi connectivity index (χ1v) is 12.2. The summed E-state index contributed by atoms with van der Waals surface area (Å²) in [6, 6.07) is 17.1. The van der Waals surface area contributed by atoms with Gasteiger partial charge in [0.25, 0.3) is 0 Å². The molecule has 4 nitrogen and oxygen atoms in total. The van der Waals surface area contributed by atoms with Crippen LogP contribution in [0.25, 0.3) is 0 Å². The van der Waals surface area contributed by atoms with Gasteiger partial charge in [-0.1, -0.05) is 37.6 Å². The fraction of sp³-hybridized carbons (Fsp3) is 0.500. The molecule has 2 atom stereocenters. The molecule has 1 heterocycles. The Kier molecular flexibility index (Phi) is 9.39. The van der Waals surface area contributed by atoms with E-state index in [1.165, 1.54) is 18.4 Å². The van der Waals surface area contributed by atoms with Crippen molar-refractivity contribution in [2.24, 2.45) is 0 Å². The minimum Gasteiger partial charge on any atom is -0.491 e. The van der Waals surface area contributed by atoms with Crippen LogP contribution in [-0.2, 0) is 0 Å². The molecule has 1 aliphatic heterocycles. The SMILES string of the molecule is CCC(CCCC(COc1ccccc1Br)N1CCNCC1)c1ccc(C#N)c(C)c1. The predicted molar refractivity (Wildman–Crippen MR) is 131 cm³/mol. The van der Waals surface area contributed by atoms with Crippen LogP contribution in [0.3, 0.4) is 0 Å². The molecule has 0 bridgehead atoms. The first-order valence-electron chi connectivity index (χ1n) is 11.4. The Bertz CT molecular complexity index is 873. The largest absolute Gasteiger partial charge is 0.491 e. The number of hydrogen-bond donors (Lipinski definition) is 1. The molecular formula is C26H34BrN3O. The molecule has 2 aromatic rings. The van der Waals surface area contributed by atoms with E-state index in [2.05, 4.69) is 51.3 Å². The van der Waals surface area contributed by atoms with Gasteiger partial charge in [-0.2, -0.15) is 5.26 Å². The van der Waals surface area contributed by atoms with Crippen LogP contribution in [0.5, 0.6) is 5.75 Å². The predicted octanol–water partition coefficient (Wildman–Crippen LogP) is 5.65. The lowest BCUT2D eigenvalue weighted by atomic mass is 9.88. The fourth-order valence-electron chi connectivity index (χ4n) is 4.44. The lowest BCUT2D eigenvalue weighted by Crippen LogP contribution is -2.50. The summed E-state index contributed by atoms with van der Waals surface area (Å²) < 4.78 is 7.23. The molecule has 0 spiro atoms. The quantitative estimate of drug-likeness (QED) is 0.474. The molecule has 1 saturated heterocycles. The van der Waals surface area contributed by atoms with Crippen LogP contribution in [0.2, 0.25) is 0 Å². The van der Waals surface area contributed by atoms with E-state index in [4.69, 9.17) is 4.74 Å². The molecule has 5 heteroatoms. The molecule has 0 aromatic heterocycles. The molecule has 0 amide bonds. The van der Waals surface area contributed by atoms with Crippen LogP contribution in [0.15, 0.2) is 46.9 Å². The van der Waals surface area contributed by atoms with Crippen molar-refractivity contribution in [1.29, 1.82) is 5.26 Å². The molecule has 2 aromatic carbocycles. The molecule has 1 N–H and O–H groups in total. The van der Waals surface area contributed by atoms with Gasteiger partial charge in [0.05, 0.1) is 16.1 Å². The first kappa shape index (κ1) is 23.8.